The summed E-state index contributed by atoms with van der Waals surface area (Å²) in [6, 6.07) is 17.8. The van der Waals surface area contributed by atoms with Crippen LogP contribution in [0.2, 0.25) is 0 Å². The molecule has 0 saturated carbocycles. The summed E-state index contributed by atoms with van der Waals surface area (Å²) in [7, 11) is 1.74. The monoisotopic (exact) mass is 320 g/mol. The molecule has 1 unspecified atom stereocenters. The second-order valence-electron chi connectivity index (χ2n) is 5.67. The van der Waals surface area contributed by atoms with Gasteiger partial charge in [0, 0.05) is 20.0 Å². The van der Waals surface area contributed by atoms with E-state index < -0.39 is 0 Å². The highest BCUT2D eigenvalue weighted by Crippen LogP contribution is 2.27. The van der Waals surface area contributed by atoms with Crippen LogP contribution in [0.5, 0.6) is 5.75 Å². The Morgan fingerprint density at radius 3 is 2.92 bits per heavy atom. The van der Waals surface area contributed by atoms with Crippen LogP contribution < -0.4 is 15.4 Å². The summed E-state index contributed by atoms with van der Waals surface area (Å²) < 4.78 is 5.91. The van der Waals surface area contributed by atoms with E-state index in [-0.39, 0.29) is 6.10 Å². The maximum atomic E-state index is 8.95. The fourth-order valence-corrected chi connectivity index (χ4v) is 2.74. The van der Waals surface area contributed by atoms with Crippen LogP contribution >= 0.6 is 0 Å². The summed E-state index contributed by atoms with van der Waals surface area (Å²) in [6.07, 6.45) is 1.02. The molecule has 0 fully saturated rings. The second-order valence-corrected chi connectivity index (χ2v) is 5.67. The van der Waals surface area contributed by atoms with E-state index in [0.717, 1.165) is 23.7 Å². The van der Waals surface area contributed by atoms with Crippen LogP contribution in [0.4, 0.5) is 0 Å². The van der Waals surface area contributed by atoms with E-state index in [1.807, 2.05) is 36.4 Å². The Balaban J connectivity index is 1.49. The number of ether oxygens (including phenoxy) is 1. The molecule has 1 aliphatic heterocycles. The average Bonchev–Trinajstić information content (AvgIpc) is 3.05. The largest absolute Gasteiger partial charge is 0.488 e. The summed E-state index contributed by atoms with van der Waals surface area (Å²) >= 11 is 0. The first kappa shape index (κ1) is 15.9. The molecule has 2 aromatic rings. The number of nitrogens with zero attached hydrogens (tertiary/aromatic N) is 2. The lowest BCUT2D eigenvalue weighted by molar-refractivity contribution is 0.235. The third-order valence-electron chi connectivity index (χ3n) is 3.95. The zero-order chi connectivity index (χ0) is 16.8. The van der Waals surface area contributed by atoms with Gasteiger partial charge in [0.05, 0.1) is 18.2 Å². The lowest BCUT2D eigenvalue weighted by atomic mass is 10.1. The molecule has 0 aliphatic carbocycles. The molecule has 3 rings (SSSR count). The molecule has 0 spiro atoms. The smallest absolute Gasteiger partial charge is 0.191 e. The molecule has 24 heavy (non-hydrogen) atoms. The number of nitrogens with one attached hydrogen (secondary N) is 2. The first-order valence-corrected chi connectivity index (χ1v) is 7.96. The van der Waals surface area contributed by atoms with Gasteiger partial charge in [-0.1, -0.05) is 30.3 Å². The van der Waals surface area contributed by atoms with Gasteiger partial charge >= 0.3 is 0 Å². The molecule has 0 aromatic heterocycles. The predicted molar refractivity (Wildman–Crippen MR) is 93.9 cm³/mol. The first-order chi connectivity index (χ1) is 11.8. The maximum absolute atomic E-state index is 8.95. The first-order valence-electron chi connectivity index (χ1n) is 7.96. The van der Waals surface area contributed by atoms with Gasteiger partial charge in [0.25, 0.3) is 0 Å². The summed E-state index contributed by atoms with van der Waals surface area (Å²) in [5.41, 5.74) is 2.96. The molecule has 0 radical (unpaired) electrons. The molecule has 1 aliphatic rings. The molecule has 0 bridgehead atoms. The third-order valence-corrected chi connectivity index (χ3v) is 3.95. The second kappa shape index (κ2) is 7.51. The number of hydrogen-bond acceptors (Lipinski definition) is 3. The summed E-state index contributed by atoms with van der Waals surface area (Å²) in [5, 5.41) is 15.5. The Hall–Kier alpha value is -3.00. The van der Waals surface area contributed by atoms with Crippen molar-refractivity contribution in [1.29, 1.82) is 5.26 Å². The molecule has 5 heteroatoms. The van der Waals surface area contributed by atoms with Crippen molar-refractivity contribution < 1.29 is 4.74 Å². The number of para-hydroxylation sites is 1. The van der Waals surface area contributed by atoms with Crippen LogP contribution in [0.1, 0.15) is 16.7 Å². The van der Waals surface area contributed by atoms with Gasteiger partial charge < -0.3 is 15.4 Å². The normalized spacial score (nSPS) is 16.0. The van der Waals surface area contributed by atoms with E-state index >= 15 is 0 Å². The molecule has 5 nitrogen and oxygen atoms in total. The van der Waals surface area contributed by atoms with Crippen LogP contribution in [-0.2, 0) is 13.0 Å². The van der Waals surface area contributed by atoms with Crippen molar-refractivity contribution in [2.24, 2.45) is 4.99 Å². The van der Waals surface area contributed by atoms with Gasteiger partial charge in [-0.3, -0.25) is 4.99 Å². The number of fused-ring (bicyclic) bond motifs is 1. The topological polar surface area (TPSA) is 69.4 Å². The van der Waals surface area contributed by atoms with Gasteiger partial charge in [-0.2, -0.15) is 5.26 Å². The number of aliphatic imine (C=N–C) groups is 1. The van der Waals surface area contributed by atoms with Crippen molar-refractivity contribution in [1.82, 2.24) is 10.6 Å². The highest BCUT2D eigenvalue weighted by Gasteiger charge is 2.22. The minimum absolute atomic E-state index is 0.114. The molecule has 2 N–H and O–H groups in total. The van der Waals surface area contributed by atoms with Crippen molar-refractivity contribution in [3.8, 4) is 11.8 Å². The van der Waals surface area contributed by atoms with Crippen LogP contribution in [-0.4, -0.2) is 25.7 Å². The Bertz CT molecular complexity index is 754. The predicted octanol–water partition coefficient (Wildman–Crippen LogP) is 2.23. The number of benzene rings is 2. The van der Waals surface area contributed by atoms with Gasteiger partial charge in [-0.15, -0.1) is 0 Å². The highest BCUT2D eigenvalue weighted by molar-refractivity contribution is 5.79. The van der Waals surface area contributed by atoms with Crippen molar-refractivity contribution in [3.05, 3.63) is 65.2 Å². The van der Waals surface area contributed by atoms with Crippen LogP contribution in [0, 0.1) is 11.3 Å². The fraction of sp³-hybridized carbons (Fsp3) is 0.263. The summed E-state index contributed by atoms with van der Waals surface area (Å²) in [5.74, 6) is 1.69. The maximum Gasteiger partial charge on any atom is 0.191 e. The number of rotatable bonds is 4. The number of hydrogen-bond donors (Lipinski definition) is 2. The Morgan fingerprint density at radius 2 is 2.12 bits per heavy atom. The molecular weight excluding hydrogens is 300 g/mol. The van der Waals surface area contributed by atoms with E-state index in [0.29, 0.717) is 18.7 Å². The quantitative estimate of drug-likeness (QED) is 0.669. The lowest BCUT2D eigenvalue weighted by Crippen LogP contribution is -2.41. The van der Waals surface area contributed by atoms with Crippen molar-refractivity contribution in [2.75, 3.05) is 13.6 Å². The molecule has 122 valence electrons. The molecule has 0 amide bonds. The van der Waals surface area contributed by atoms with E-state index in [1.165, 1.54) is 5.56 Å². The van der Waals surface area contributed by atoms with Gasteiger partial charge in [-0.25, -0.2) is 0 Å². The van der Waals surface area contributed by atoms with Crippen LogP contribution in [0.25, 0.3) is 0 Å². The highest BCUT2D eigenvalue weighted by atomic mass is 16.5. The summed E-state index contributed by atoms with van der Waals surface area (Å²) in [4.78, 5) is 4.23. The fourth-order valence-electron chi connectivity index (χ4n) is 2.74. The average molecular weight is 320 g/mol. The van der Waals surface area contributed by atoms with E-state index in [2.05, 4.69) is 27.8 Å². The minimum Gasteiger partial charge on any atom is -0.488 e. The van der Waals surface area contributed by atoms with Crippen LogP contribution in [0.3, 0.4) is 0 Å². The van der Waals surface area contributed by atoms with E-state index in [4.69, 9.17) is 10.00 Å². The molecular formula is C19H20N4O. The van der Waals surface area contributed by atoms with Gasteiger partial charge in [-0.05, 0) is 29.3 Å². The third kappa shape index (κ3) is 3.85. The minimum atomic E-state index is 0.114. The molecule has 1 atom stereocenters. The zero-order valence-corrected chi connectivity index (χ0v) is 13.6. The SMILES string of the molecule is CN=C(NCc1cccc(C#N)c1)NCC1Cc2ccccc2O1. The Morgan fingerprint density at radius 1 is 1.25 bits per heavy atom. The number of nitriles is 1. The number of guanidine groups is 1. The van der Waals surface area contributed by atoms with Gasteiger partial charge in [0.15, 0.2) is 5.96 Å². The van der Waals surface area contributed by atoms with Crippen LogP contribution in [0.15, 0.2) is 53.5 Å². The lowest BCUT2D eigenvalue weighted by Gasteiger charge is -2.15. The molecule has 2 aromatic carbocycles. The standard InChI is InChI=1S/C19H20N4O/c1-21-19(22-12-15-6-4-5-14(9-15)11-20)23-13-17-10-16-7-2-3-8-18(16)24-17/h2-9,17H,10,12-13H2,1H3,(H2,21,22,23). The van der Waals surface area contributed by atoms with Gasteiger partial charge in [0.2, 0.25) is 0 Å². The molecule has 1 heterocycles. The van der Waals surface area contributed by atoms with E-state index in [1.54, 1.807) is 13.1 Å². The Labute approximate surface area is 142 Å². The van der Waals surface area contributed by atoms with Crippen molar-refractivity contribution >= 4 is 5.96 Å². The van der Waals surface area contributed by atoms with Crippen molar-refractivity contribution in [2.45, 2.75) is 19.1 Å². The van der Waals surface area contributed by atoms with E-state index in [9.17, 15) is 0 Å². The summed E-state index contributed by atoms with van der Waals surface area (Å²) in [6.45, 7) is 1.30. The zero-order valence-electron chi connectivity index (χ0n) is 13.6. The molecule has 0 saturated heterocycles. The van der Waals surface area contributed by atoms with Gasteiger partial charge in [0.1, 0.15) is 11.9 Å². The van der Waals surface area contributed by atoms with Crippen molar-refractivity contribution in [3.63, 3.8) is 0 Å². The Kier molecular flexibility index (Phi) is 4.97.